The molecule has 4 heterocycles. The summed E-state index contributed by atoms with van der Waals surface area (Å²) in [5, 5.41) is 2.45. The van der Waals surface area contributed by atoms with Crippen LogP contribution in [0, 0.1) is 0 Å². The fraction of sp³-hybridized carbons (Fsp3) is 0.0488. The summed E-state index contributed by atoms with van der Waals surface area (Å²) in [6.45, 7) is 6.67. The average Bonchev–Trinajstić information content (AvgIpc) is 1.67. The van der Waals surface area contributed by atoms with E-state index in [0.717, 1.165) is 67.8 Å². The molecule has 13 aromatic carbocycles. The number of para-hydroxylation sites is 4. The van der Waals surface area contributed by atoms with Crippen molar-refractivity contribution in [1.29, 1.82) is 0 Å². The summed E-state index contributed by atoms with van der Waals surface area (Å²) in [5.41, 5.74) is 30.5. The molecule has 3 aliphatic rings. The van der Waals surface area contributed by atoms with Gasteiger partial charge in [-0.1, -0.05) is 233 Å². The molecule has 3 aliphatic heterocycles. The fourth-order valence-corrected chi connectivity index (χ4v) is 14.4. The molecule has 0 bridgehead atoms. The Kier molecular flexibility index (Phi) is 11.6. The molecule has 0 fully saturated rings. The van der Waals surface area contributed by atoms with Crippen molar-refractivity contribution in [2.45, 2.75) is 26.2 Å². The zero-order chi connectivity index (χ0) is 57.9. The molecule has 0 atom stereocenters. The van der Waals surface area contributed by atoms with Gasteiger partial charge in [-0.2, -0.15) is 0 Å². The third-order valence-corrected chi connectivity index (χ3v) is 18.4. The number of benzene rings is 13. The van der Waals surface area contributed by atoms with E-state index >= 15 is 0 Å². The Hall–Kier alpha value is -10.9. The highest BCUT2D eigenvalue weighted by Gasteiger charge is 2.46. The van der Waals surface area contributed by atoms with Crippen molar-refractivity contribution in [3.63, 3.8) is 0 Å². The number of aromatic nitrogens is 1. The van der Waals surface area contributed by atoms with Gasteiger partial charge in [-0.15, -0.1) is 0 Å². The topological polar surface area (TPSA) is 14.7 Å². The van der Waals surface area contributed by atoms with Crippen LogP contribution in [-0.4, -0.2) is 11.3 Å². The zero-order valence-corrected chi connectivity index (χ0v) is 48.7. The minimum atomic E-state index is -0.191. The summed E-state index contributed by atoms with van der Waals surface area (Å²) in [6, 6.07) is 113. The van der Waals surface area contributed by atoms with E-state index in [2.05, 4.69) is 343 Å². The summed E-state index contributed by atoms with van der Waals surface area (Å²) in [5.74, 6) is 0. The van der Waals surface area contributed by atoms with E-state index in [0.29, 0.717) is 0 Å². The summed E-state index contributed by atoms with van der Waals surface area (Å²) >= 11 is 0. The van der Waals surface area contributed by atoms with Gasteiger partial charge in [0.05, 0.1) is 22.4 Å². The number of fused-ring (bicyclic) bond motifs is 12. The third-order valence-electron chi connectivity index (χ3n) is 18.4. The van der Waals surface area contributed by atoms with Crippen molar-refractivity contribution in [2.75, 3.05) is 14.7 Å². The Labute approximate surface area is 508 Å². The number of anilines is 9. The molecule has 14 aromatic rings. The molecule has 0 amide bonds. The number of rotatable bonds is 8. The van der Waals surface area contributed by atoms with Crippen LogP contribution in [0.2, 0.25) is 0 Å². The largest absolute Gasteiger partial charge is 0.311 e. The normalized spacial score (nSPS) is 12.7. The molecule has 0 unspecified atom stereocenters. The molecule has 5 heteroatoms. The quantitative estimate of drug-likeness (QED) is 0.141. The van der Waals surface area contributed by atoms with Crippen LogP contribution in [0.5, 0.6) is 0 Å². The maximum absolute atomic E-state index is 2.66. The maximum atomic E-state index is 2.66. The van der Waals surface area contributed by atoms with Gasteiger partial charge in [0.15, 0.2) is 0 Å². The van der Waals surface area contributed by atoms with E-state index in [1.807, 2.05) is 0 Å². The van der Waals surface area contributed by atoms with Crippen LogP contribution >= 0.6 is 0 Å². The minimum absolute atomic E-state index is 0.0299. The molecule has 87 heavy (non-hydrogen) atoms. The lowest BCUT2D eigenvalue weighted by atomic mass is 9.33. The molecule has 0 saturated carbocycles. The van der Waals surface area contributed by atoms with Crippen LogP contribution in [0.1, 0.15) is 26.3 Å². The van der Waals surface area contributed by atoms with Crippen molar-refractivity contribution in [2.24, 2.45) is 0 Å². The summed E-state index contributed by atoms with van der Waals surface area (Å²) in [6.07, 6.45) is 0. The predicted molar refractivity (Wildman–Crippen MR) is 369 cm³/mol. The SMILES string of the molecule is CC(C)(C)c1ccc(-c2cccc(N3c4cc(N(c5ccccc5)c5ccccc5)ccc4B4c5cc(-c6ccccc6)cc6c5N(c5ccc(-c7ccccc7)cc5-c5ccccc5-6)c5cc(-n6c7ccccc7c7ccccc76)cc3c54)c2)cc1. The lowest BCUT2D eigenvalue weighted by Gasteiger charge is -2.45. The molecule has 0 N–H and O–H groups in total. The second-order valence-corrected chi connectivity index (χ2v) is 24.5. The van der Waals surface area contributed by atoms with Gasteiger partial charge in [0.1, 0.15) is 0 Å². The van der Waals surface area contributed by atoms with Crippen molar-refractivity contribution in [1.82, 2.24) is 4.57 Å². The summed E-state index contributed by atoms with van der Waals surface area (Å²) in [7, 11) is 0. The molecule has 0 radical (unpaired) electrons. The Morgan fingerprint density at radius 1 is 0.310 bits per heavy atom. The van der Waals surface area contributed by atoms with E-state index < -0.39 is 0 Å². The Morgan fingerprint density at radius 3 is 1.47 bits per heavy atom. The second-order valence-electron chi connectivity index (χ2n) is 24.5. The van der Waals surface area contributed by atoms with Gasteiger partial charge in [0.25, 0.3) is 6.71 Å². The second kappa shape index (κ2) is 19.9. The smallest absolute Gasteiger partial charge is 0.252 e. The molecule has 4 nitrogen and oxygen atoms in total. The highest BCUT2D eigenvalue weighted by molar-refractivity contribution is 7.00. The number of hydrogen-bond acceptors (Lipinski definition) is 3. The highest BCUT2D eigenvalue weighted by atomic mass is 15.2. The average molecular weight is 1110 g/mol. The molecule has 17 rings (SSSR count). The standard InChI is InChI=1S/C82H59BN4/c1-82(2,3)60-42-39-56(40-43-60)57-27-22-32-63(47-57)85-77-51-64(84(61-28-12-6-13-29-61)62-30-14-7-15-31-62)44-45-72(77)83-73-50-59(55-25-10-5-11-26-55)49-71-67-34-17-16-33-66(67)70-48-58(54-23-8-4-9-24-54)41-46-76(70)87(81(71)73)79-53-65(52-78(85)80(79)83)86-74-37-20-18-35-68(74)69-36-19-21-38-75(69)86/h4-53H,1-3H3. The Bertz CT molecular complexity index is 4930. The van der Waals surface area contributed by atoms with E-state index in [1.165, 1.54) is 88.5 Å². The van der Waals surface area contributed by atoms with Gasteiger partial charge in [0.2, 0.25) is 0 Å². The first-order valence-electron chi connectivity index (χ1n) is 30.4. The van der Waals surface area contributed by atoms with Crippen LogP contribution in [0.25, 0.3) is 83.1 Å². The van der Waals surface area contributed by atoms with Crippen LogP contribution in [0.15, 0.2) is 303 Å². The predicted octanol–water partition coefficient (Wildman–Crippen LogP) is 20.3. The molecular formula is C82H59BN4. The van der Waals surface area contributed by atoms with Crippen molar-refractivity contribution in [3.05, 3.63) is 309 Å². The van der Waals surface area contributed by atoms with Gasteiger partial charge in [0, 0.05) is 67.4 Å². The highest BCUT2D eigenvalue weighted by Crippen LogP contribution is 2.56. The lowest BCUT2D eigenvalue weighted by Crippen LogP contribution is -2.61. The van der Waals surface area contributed by atoms with Crippen LogP contribution < -0.4 is 31.1 Å². The molecule has 1 aromatic heterocycles. The first-order valence-corrected chi connectivity index (χ1v) is 30.4. The minimum Gasteiger partial charge on any atom is -0.311 e. The van der Waals surface area contributed by atoms with Crippen molar-refractivity contribution in [3.8, 4) is 61.3 Å². The van der Waals surface area contributed by atoms with Crippen LogP contribution in [-0.2, 0) is 5.41 Å². The monoisotopic (exact) mass is 1110 g/mol. The Morgan fingerprint density at radius 2 is 0.828 bits per heavy atom. The van der Waals surface area contributed by atoms with E-state index in [1.54, 1.807) is 0 Å². The Balaban J connectivity index is 1.02. The zero-order valence-electron chi connectivity index (χ0n) is 48.7. The van der Waals surface area contributed by atoms with Crippen LogP contribution in [0.3, 0.4) is 0 Å². The number of nitrogens with zero attached hydrogens (tertiary/aromatic N) is 4. The van der Waals surface area contributed by atoms with Gasteiger partial charge in [-0.3, -0.25) is 0 Å². The van der Waals surface area contributed by atoms with Crippen LogP contribution in [0.4, 0.5) is 51.2 Å². The van der Waals surface area contributed by atoms with Crippen molar-refractivity contribution < 1.29 is 0 Å². The van der Waals surface area contributed by atoms with E-state index in [-0.39, 0.29) is 12.1 Å². The van der Waals surface area contributed by atoms with Gasteiger partial charge in [-0.25, -0.2) is 0 Å². The van der Waals surface area contributed by atoms with Gasteiger partial charge < -0.3 is 19.3 Å². The first kappa shape index (κ1) is 50.6. The summed E-state index contributed by atoms with van der Waals surface area (Å²) in [4.78, 5) is 7.67. The number of hydrogen-bond donors (Lipinski definition) is 0. The molecule has 0 saturated heterocycles. The third kappa shape index (κ3) is 8.14. The molecular weight excluding hydrogens is 1050 g/mol. The fourth-order valence-electron chi connectivity index (χ4n) is 14.4. The molecule has 0 aliphatic carbocycles. The van der Waals surface area contributed by atoms with Gasteiger partial charge >= 0.3 is 0 Å². The molecule has 0 spiro atoms. The molecule has 410 valence electrons. The van der Waals surface area contributed by atoms with Gasteiger partial charge in [-0.05, 0) is 163 Å². The maximum Gasteiger partial charge on any atom is 0.252 e. The van der Waals surface area contributed by atoms with E-state index in [4.69, 9.17) is 0 Å². The lowest BCUT2D eigenvalue weighted by molar-refractivity contribution is 0.590. The summed E-state index contributed by atoms with van der Waals surface area (Å²) < 4.78 is 2.52. The van der Waals surface area contributed by atoms with E-state index in [9.17, 15) is 0 Å². The first-order chi connectivity index (χ1) is 42.8. The van der Waals surface area contributed by atoms with Crippen molar-refractivity contribution >= 4 is 96.1 Å².